The van der Waals surface area contributed by atoms with Crippen LogP contribution in [0.1, 0.15) is 59.3 Å². The zero-order valence-electron chi connectivity index (χ0n) is 19.9. The molecule has 1 amide bonds. The number of aliphatic hydroxyl groups is 1. The van der Waals surface area contributed by atoms with Crippen molar-refractivity contribution in [3.05, 3.63) is 74.7 Å². The minimum atomic E-state index is -4.52. The second-order valence-corrected chi connectivity index (χ2v) is 8.99. The molecule has 0 radical (unpaired) electrons. The summed E-state index contributed by atoms with van der Waals surface area (Å²) in [6.45, 7) is 4.36. The van der Waals surface area contributed by atoms with Crippen LogP contribution in [0, 0.1) is 13.8 Å². The molecular weight excluding hydrogens is 477 g/mol. The summed E-state index contributed by atoms with van der Waals surface area (Å²) >= 11 is 0. The van der Waals surface area contributed by atoms with E-state index in [1.807, 2.05) is 0 Å². The lowest BCUT2D eigenvalue weighted by Gasteiger charge is -2.24. The number of nitrogens with one attached hydrogen (secondary N) is 1. The first kappa shape index (κ1) is 25.5. The normalized spacial score (nSPS) is 16.9. The summed E-state index contributed by atoms with van der Waals surface area (Å²) in [6.07, 6.45) is -2.39. The van der Waals surface area contributed by atoms with Crippen LogP contribution < -0.4 is 5.56 Å². The molecule has 2 N–H and O–H groups in total. The highest BCUT2D eigenvalue weighted by atomic mass is 19.4. The monoisotopic (exact) mass is 504 g/mol. The molecule has 3 heterocycles. The van der Waals surface area contributed by atoms with Crippen molar-refractivity contribution >= 4 is 5.91 Å². The van der Waals surface area contributed by atoms with Crippen LogP contribution in [-0.2, 0) is 23.9 Å². The van der Waals surface area contributed by atoms with Crippen LogP contribution in [0.4, 0.5) is 13.2 Å². The van der Waals surface area contributed by atoms with E-state index in [0.29, 0.717) is 30.2 Å². The Morgan fingerprint density at radius 3 is 2.81 bits per heavy atom. The summed E-state index contributed by atoms with van der Waals surface area (Å²) in [7, 11) is 0. The molecule has 192 valence electrons. The van der Waals surface area contributed by atoms with Crippen molar-refractivity contribution in [2.45, 2.75) is 64.4 Å². The smallest absolute Gasteiger partial charge is 0.382 e. The van der Waals surface area contributed by atoms with Gasteiger partial charge < -0.3 is 15.0 Å². The van der Waals surface area contributed by atoms with Crippen LogP contribution in [-0.4, -0.2) is 53.5 Å². The Balaban J connectivity index is 1.40. The molecular formula is C24H27F3N6O3. The van der Waals surface area contributed by atoms with Gasteiger partial charge in [0.1, 0.15) is 17.6 Å². The lowest BCUT2D eigenvalue weighted by atomic mass is 10.0. The zero-order valence-corrected chi connectivity index (χ0v) is 19.9. The maximum absolute atomic E-state index is 13.0. The van der Waals surface area contributed by atoms with Gasteiger partial charge in [0, 0.05) is 24.2 Å². The Hall–Kier alpha value is -3.54. The van der Waals surface area contributed by atoms with Crippen LogP contribution in [0.25, 0.3) is 0 Å². The number of halogens is 3. The van der Waals surface area contributed by atoms with Crippen molar-refractivity contribution < 1.29 is 23.1 Å². The molecule has 2 atom stereocenters. The van der Waals surface area contributed by atoms with Crippen molar-refractivity contribution in [2.24, 2.45) is 0 Å². The third kappa shape index (κ3) is 5.64. The minimum Gasteiger partial charge on any atom is -0.382 e. The van der Waals surface area contributed by atoms with E-state index in [1.54, 1.807) is 18.7 Å². The summed E-state index contributed by atoms with van der Waals surface area (Å²) in [6, 6.07) is 4.30. The second-order valence-electron chi connectivity index (χ2n) is 8.99. The fourth-order valence-electron chi connectivity index (χ4n) is 4.57. The number of nitrogens with zero attached hydrogens (tertiary/aromatic N) is 5. The van der Waals surface area contributed by atoms with Crippen LogP contribution in [0.3, 0.4) is 0 Å². The van der Waals surface area contributed by atoms with Crippen molar-refractivity contribution in [1.82, 2.24) is 29.9 Å². The van der Waals surface area contributed by atoms with E-state index in [9.17, 15) is 27.9 Å². The van der Waals surface area contributed by atoms with E-state index < -0.39 is 17.8 Å². The number of aliphatic hydroxyl groups excluding tert-OH is 1. The number of aromatic amines is 1. The number of aromatic nitrogens is 5. The molecule has 0 spiro atoms. The third-order valence-corrected chi connectivity index (χ3v) is 6.39. The number of H-pyrrole nitrogens is 1. The average Bonchev–Trinajstić information content (AvgIpc) is 3.47. The molecule has 1 saturated heterocycles. The van der Waals surface area contributed by atoms with E-state index in [1.165, 1.54) is 23.0 Å². The minimum absolute atomic E-state index is 0.0606. The van der Waals surface area contributed by atoms with Crippen LogP contribution >= 0.6 is 0 Å². The Kier molecular flexibility index (Phi) is 7.25. The quantitative estimate of drug-likeness (QED) is 0.511. The number of hydrogen-bond donors (Lipinski definition) is 2. The Labute approximate surface area is 205 Å². The molecule has 4 rings (SSSR count). The number of carbonyl (C=O) groups is 1. The first-order valence-electron chi connectivity index (χ1n) is 11.6. The summed E-state index contributed by atoms with van der Waals surface area (Å²) in [5.74, 6) is 0.443. The topological polar surface area (TPSA) is 117 Å². The van der Waals surface area contributed by atoms with Crippen LogP contribution in [0.15, 0.2) is 35.3 Å². The number of aryl methyl sites for hydroxylation is 2. The van der Waals surface area contributed by atoms with Gasteiger partial charge in [0.15, 0.2) is 0 Å². The van der Waals surface area contributed by atoms with Gasteiger partial charge in [0.05, 0.1) is 24.3 Å². The van der Waals surface area contributed by atoms with E-state index in [-0.39, 0.29) is 41.6 Å². The number of amides is 1. The number of alkyl halides is 3. The lowest BCUT2D eigenvalue weighted by Crippen LogP contribution is -2.38. The molecule has 1 aromatic carbocycles. The molecule has 1 unspecified atom stereocenters. The molecule has 0 saturated carbocycles. The van der Waals surface area contributed by atoms with Gasteiger partial charge in [-0.15, -0.1) is 5.10 Å². The van der Waals surface area contributed by atoms with Gasteiger partial charge in [-0.05, 0) is 50.8 Å². The summed E-state index contributed by atoms with van der Waals surface area (Å²) in [5, 5.41) is 18.5. The fourth-order valence-corrected chi connectivity index (χ4v) is 4.57. The van der Waals surface area contributed by atoms with E-state index in [4.69, 9.17) is 0 Å². The first-order valence-corrected chi connectivity index (χ1v) is 11.6. The number of carbonyl (C=O) groups excluding carboxylic acids is 1. The molecule has 1 aliphatic rings. The fraction of sp³-hybridized carbons (Fsp3) is 0.458. The van der Waals surface area contributed by atoms with Gasteiger partial charge in [-0.25, -0.2) is 4.98 Å². The molecule has 2 aromatic heterocycles. The molecule has 36 heavy (non-hydrogen) atoms. The second kappa shape index (κ2) is 10.2. The van der Waals surface area contributed by atoms with Crippen LogP contribution in [0.2, 0.25) is 0 Å². The summed E-state index contributed by atoms with van der Waals surface area (Å²) < 4.78 is 40.5. The van der Waals surface area contributed by atoms with E-state index in [2.05, 4.69) is 20.3 Å². The van der Waals surface area contributed by atoms with E-state index in [0.717, 1.165) is 25.0 Å². The molecule has 0 bridgehead atoms. The van der Waals surface area contributed by atoms with E-state index >= 15 is 0 Å². The standard InChI is InChI=1S/C24H27F3N6O3/c1-14-19(23(36)29-15(2)28-14)8-9-21(34)33-10-4-7-18(33)12-32-13-20(30-31-32)22(35)16-5-3-6-17(11-16)24(25,26)27/h3,5-6,11,13,18,22,35H,4,7-10,12H2,1-2H3,(H,28,29,36)/t18-,22?/m1/s1. The van der Waals surface area contributed by atoms with Crippen molar-refractivity contribution in [2.75, 3.05) is 6.54 Å². The highest BCUT2D eigenvalue weighted by molar-refractivity contribution is 5.77. The molecule has 1 fully saturated rings. The maximum Gasteiger partial charge on any atom is 0.416 e. The van der Waals surface area contributed by atoms with Crippen molar-refractivity contribution in [3.63, 3.8) is 0 Å². The zero-order chi connectivity index (χ0) is 26.0. The Morgan fingerprint density at radius 2 is 2.08 bits per heavy atom. The summed E-state index contributed by atoms with van der Waals surface area (Å²) in [4.78, 5) is 33.8. The van der Waals surface area contributed by atoms with Gasteiger partial charge in [-0.2, -0.15) is 13.2 Å². The third-order valence-electron chi connectivity index (χ3n) is 6.39. The highest BCUT2D eigenvalue weighted by Gasteiger charge is 2.32. The Morgan fingerprint density at radius 1 is 1.31 bits per heavy atom. The van der Waals surface area contributed by atoms with Gasteiger partial charge in [-0.1, -0.05) is 17.3 Å². The van der Waals surface area contributed by atoms with Gasteiger partial charge in [0.25, 0.3) is 5.56 Å². The largest absolute Gasteiger partial charge is 0.416 e. The molecule has 1 aliphatic heterocycles. The average molecular weight is 505 g/mol. The highest BCUT2D eigenvalue weighted by Crippen LogP contribution is 2.32. The number of likely N-dealkylation sites (tertiary alicyclic amines) is 1. The molecule has 3 aromatic rings. The van der Waals surface area contributed by atoms with Crippen LogP contribution in [0.5, 0.6) is 0 Å². The number of hydrogen-bond acceptors (Lipinski definition) is 6. The molecule has 12 heteroatoms. The van der Waals surface area contributed by atoms with Gasteiger partial charge >= 0.3 is 6.18 Å². The molecule has 0 aliphatic carbocycles. The predicted octanol–water partition coefficient (Wildman–Crippen LogP) is 2.70. The number of benzene rings is 1. The number of rotatable bonds is 7. The Bertz CT molecular complexity index is 1300. The molecule has 9 nitrogen and oxygen atoms in total. The lowest BCUT2D eigenvalue weighted by molar-refractivity contribution is -0.137. The predicted molar refractivity (Wildman–Crippen MR) is 123 cm³/mol. The van der Waals surface area contributed by atoms with Gasteiger partial charge in [-0.3, -0.25) is 14.3 Å². The first-order chi connectivity index (χ1) is 17.0. The van der Waals surface area contributed by atoms with Crippen molar-refractivity contribution in [1.29, 1.82) is 0 Å². The van der Waals surface area contributed by atoms with Gasteiger partial charge in [0.2, 0.25) is 5.91 Å². The SMILES string of the molecule is Cc1nc(C)c(CCC(=O)N2CCC[C@@H]2Cn2cc(C(O)c3cccc(C(F)(F)F)c3)nn2)c(=O)[nH]1. The summed E-state index contributed by atoms with van der Waals surface area (Å²) in [5.41, 5.74) is 0.188. The van der Waals surface area contributed by atoms with Crippen molar-refractivity contribution in [3.8, 4) is 0 Å². The maximum atomic E-state index is 13.0.